The SMILES string of the molecule is NC1CC(=O)N(c2nc(-c3ccccc3O)cs2)C1. The first-order valence-electron chi connectivity index (χ1n) is 5.95. The topological polar surface area (TPSA) is 79.5 Å². The van der Waals surface area contributed by atoms with E-state index in [0.29, 0.717) is 29.4 Å². The number of phenols is 1. The predicted molar refractivity (Wildman–Crippen MR) is 74.2 cm³/mol. The monoisotopic (exact) mass is 275 g/mol. The fraction of sp³-hybridized carbons (Fsp3) is 0.231. The molecule has 1 aromatic heterocycles. The largest absolute Gasteiger partial charge is 0.507 e. The highest BCUT2D eigenvalue weighted by molar-refractivity contribution is 7.14. The van der Waals surface area contributed by atoms with Crippen LogP contribution in [0.25, 0.3) is 11.3 Å². The van der Waals surface area contributed by atoms with Crippen molar-refractivity contribution in [1.82, 2.24) is 4.98 Å². The summed E-state index contributed by atoms with van der Waals surface area (Å²) in [6.45, 7) is 0.507. The maximum Gasteiger partial charge on any atom is 0.230 e. The minimum Gasteiger partial charge on any atom is -0.507 e. The van der Waals surface area contributed by atoms with Crippen molar-refractivity contribution in [3.05, 3.63) is 29.6 Å². The molecule has 1 aromatic carbocycles. The Morgan fingerprint density at radius 2 is 2.21 bits per heavy atom. The zero-order chi connectivity index (χ0) is 13.4. The summed E-state index contributed by atoms with van der Waals surface area (Å²) in [5.74, 6) is 0.189. The molecule has 2 heterocycles. The minimum atomic E-state index is -0.120. The van der Waals surface area contributed by atoms with Gasteiger partial charge in [-0.25, -0.2) is 4.98 Å². The van der Waals surface area contributed by atoms with Gasteiger partial charge in [0, 0.05) is 30.0 Å². The molecule has 98 valence electrons. The quantitative estimate of drug-likeness (QED) is 0.872. The van der Waals surface area contributed by atoms with Crippen molar-refractivity contribution in [3.63, 3.8) is 0 Å². The molecule has 0 saturated carbocycles. The number of para-hydroxylation sites is 1. The molecule has 1 unspecified atom stereocenters. The third-order valence-corrected chi connectivity index (χ3v) is 3.92. The van der Waals surface area contributed by atoms with Crippen molar-refractivity contribution in [2.75, 3.05) is 11.4 Å². The molecule has 1 atom stereocenters. The number of hydrogen-bond acceptors (Lipinski definition) is 5. The fourth-order valence-electron chi connectivity index (χ4n) is 2.12. The van der Waals surface area contributed by atoms with Gasteiger partial charge in [-0.05, 0) is 12.1 Å². The lowest BCUT2D eigenvalue weighted by molar-refractivity contribution is -0.117. The Kier molecular flexibility index (Phi) is 2.96. The van der Waals surface area contributed by atoms with Crippen molar-refractivity contribution in [2.45, 2.75) is 12.5 Å². The highest BCUT2D eigenvalue weighted by Crippen LogP contribution is 2.33. The summed E-state index contributed by atoms with van der Waals surface area (Å²) >= 11 is 1.38. The molecule has 0 aliphatic carbocycles. The lowest BCUT2D eigenvalue weighted by atomic mass is 10.1. The molecular formula is C13H13N3O2S. The molecule has 0 bridgehead atoms. The van der Waals surface area contributed by atoms with Crippen LogP contribution >= 0.6 is 11.3 Å². The van der Waals surface area contributed by atoms with E-state index in [-0.39, 0.29) is 17.7 Å². The van der Waals surface area contributed by atoms with E-state index in [1.807, 2.05) is 11.4 Å². The van der Waals surface area contributed by atoms with Crippen LogP contribution in [0.2, 0.25) is 0 Å². The van der Waals surface area contributed by atoms with Gasteiger partial charge in [-0.15, -0.1) is 11.3 Å². The number of phenolic OH excluding ortho intramolecular Hbond substituents is 1. The molecule has 3 N–H and O–H groups in total. The fourth-order valence-corrected chi connectivity index (χ4v) is 2.97. The summed E-state index contributed by atoms with van der Waals surface area (Å²) in [4.78, 5) is 17.8. The van der Waals surface area contributed by atoms with Gasteiger partial charge in [-0.1, -0.05) is 12.1 Å². The van der Waals surface area contributed by atoms with E-state index in [1.165, 1.54) is 11.3 Å². The average molecular weight is 275 g/mol. The number of aromatic nitrogens is 1. The molecule has 19 heavy (non-hydrogen) atoms. The van der Waals surface area contributed by atoms with Gasteiger partial charge in [-0.3, -0.25) is 9.69 Å². The van der Waals surface area contributed by atoms with Crippen LogP contribution in [0, 0.1) is 0 Å². The van der Waals surface area contributed by atoms with Crippen LogP contribution in [0.15, 0.2) is 29.6 Å². The molecule has 6 heteroatoms. The molecule has 0 radical (unpaired) electrons. The molecule has 1 fully saturated rings. The molecule has 1 amide bonds. The van der Waals surface area contributed by atoms with Gasteiger partial charge in [0.1, 0.15) is 5.75 Å². The van der Waals surface area contributed by atoms with Crippen molar-refractivity contribution < 1.29 is 9.90 Å². The van der Waals surface area contributed by atoms with E-state index in [4.69, 9.17) is 5.73 Å². The zero-order valence-corrected chi connectivity index (χ0v) is 10.9. The maximum absolute atomic E-state index is 11.8. The Hall–Kier alpha value is -1.92. The van der Waals surface area contributed by atoms with Crippen LogP contribution in [-0.4, -0.2) is 28.6 Å². The number of nitrogens with two attached hydrogens (primary N) is 1. The standard InChI is InChI=1S/C13H13N3O2S/c14-8-5-12(18)16(6-8)13-15-10(7-19-13)9-3-1-2-4-11(9)17/h1-4,7-8,17H,5-6,14H2. The number of nitrogens with zero attached hydrogens (tertiary/aromatic N) is 2. The van der Waals surface area contributed by atoms with Crippen molar-refractivity contribution in [3.8, 4) is 17.0 Å². The smallest absolute Gasteiger partial charge is 0.230 e. The van der Waals surface area contributed by atoms with Crippen molar-refractivity contribution >= 4 is 22.4 Å². The summed E-state index contributed by atoms with van der Waals surface area (Å²) in [6, 6.07) is 6.89. The number of benzene rings is 1. The summed E-state index contributed by atoms with van der Waals surface area (Å²) in [5, 5.41) is 12.3. The lowest BCUT2D eigenvalue weighted by Gasteiger charge is -2.11. The van der Waals surface area contributed by atoms with Gasteiger partial charge in [0.15, 0.2) is 5.13 Å². The van der Waals surface area contributed by atoms with Gasteiger partial charge >= 0.3 is 0 Å². The Bertz CT molecular complexity index is 626. The second-order valence-electron chi connectivity index (χ2n) is 4.50. The first kappa shape index (κ1) is 12.1. The summed E-state index contributed by atoms with van der Waals surface area (Å²) < 4.78 is 0. The maximum atomic E-state index is 11.8. The van der Waals surface area contributed by atoms with Gasteiger partial charge in [0.05, 0.1) is 5.69 Å². The Balaban J connectivity index is 1.92. The zero-order valence-electron chi connectivity index (χ0n) is 10.1. The first-order chi connectivity index (χ1) is 9.15. The first-order valence-corrected chi connectivity index (χ1v) is 6.83. The second kappa shape index (κ2) is 4.64. The minimum absolute atomic E-state index is 0.00526. The number of carbonyl (C=O) groups is 1. The molecule has 0 spiro atoms. The number of aromatic hydroxyl groups is 1. The molecule has 1 saturated heterocycles. The van der Waals surface area contributed by atoms with E-state index in [2.05, 4.69) is 4.98 Å². The molecule has 1 aliphatic rings. The molecule has 1 aliphatic heterocycles. The second-order valence-corrected chi connectivity index (χ2v) is 5.34. The summed E-state index contributed by atoms with van der Waals surface area (Å²) in [6.07, 6.45) is 0.367. The van der Waals surface area contributed by atoms with Crippen LogP contribution in [0.3, 0.4) is 0 Å². The van der Waals surface area contributed by atoms with Crippen LogP contribution < -0.4 is 10.6 Å². The normalized spacial score (nSPS) is 19.1. The Morgan fingerprint density at radius 1 is 1.42 bits per heavy atom. The summed E-state index contributed by atoms with van der Waals surface area (Å²) in [5.41, 5.74) is 7.11. The van der Waals surface area contributed by atoms with E-state index in [1.54, 1.807) is 23.1 Å². The number of anilines is 1. The van der Waals surface area contributed by atoms with Crippen LogP contribution in [0.5, 0.6) is 5.75 Å². The number of thiazole rings is 1. The van der Waals surface area contributed by atoms with E-state index >= 15 is 0 Å². The summed E-state index contributed by atoms with van der Waals surface area (Å²) in [7, 11) is 0. The average Bonchev–Trinajstić information content (AvgIpc) is 2.96. The highest BCUT2D eigenvalue weighted by Gasteiger charge is 2.30. The predicted octanol–water partition coefficient (Wildman–Crippen LogP) is 1.58. The van der Waals surface area contributed by atoms with Gasteiger partial charge in [0.25, 0.3) is 0 Å². The highest BCUT2D eigenvalue weighted by atomic mass is 32.1. The van der Waals surface area contributed by atoms with Gasteiger partial charge in [0.2, 0.25) is 5.91 Å². The van der Waals surface area contributed by atoms with Crippen molar-refractivity contribution in [2.24, 2.45) is 5.73 Å². The molecule has 5 nitrogen and oxygen atoms in total. The molecule has 3 rings (SSSR count). The number of hydrogen-bond donors (Lipinski definition) is 2. The molecule has 2 aromatic rings. The third kappa shape index (κ3) is 2.20. The van der Waals surface area contributed by atoms with E-state index in [0.717, 1.165) is 0 Å². The molecular weight excluding hydrogens is 262 g/mol. The van der Waals surface area contributed by atoms with Gasteiger partial charge < -0.3 is 10.8 Å². The lowest BCUT2D eigenvalue weighted by Crippen LogP contribution is -2.27. The van der Waals surface area contributed by atoms with E-state index in [9.17, 15) is 9.90 Å². The Labute approximate surface area is 114 Å². The van der Waals surface area contributed by atoms with Gasteiger partial charge in [-0.2, -0.15) is 0 Å². The number of carbonyl (C=O) groups excluding carboxylic acids is 1. The third-order valence-electron chi connectivity index (χ3n) is 3.06. The van der Waals surface area contributed by atoms with Crippen LogP contribution in [0.4, 0.5) is 5.13 Å². The number of rotatable bonds is 2. The number of amides is 1. The van der Waals surface area contributed by atoms with Crippen LogP contribution in [0.1, 0.15) is 6.42 Å². The van der Waals surface area contributed by atoms with Crippen molar-refractivity contribution in [1.29, 1.82) is 0 Å². The van der Waals surface area contributed by atoms with E-state index < -0.39 is 0 Å². The van der Waals surface area contributed by atoms with Crippen LogP contribution in [-0.2, 0) is 4.79 Å². The Morgan fingerprint density at radius 3 is 2.89 bits per heavy atom.